The Morgan fingerprint density at radius 1 is 1.11 bits per heavy atom. The Morgan fingerprint density at radius 2 is 1.81 bits per heavy atom. The Kier molecular flexibility index (Phi) is 6.58. The highest BCUT2D eigenvalue weighted by atomic mass is 16.5. The number of anilines is 2. The average molecular weight is 495 g/mol. The molecule has 0 radical (unpaired) electrons. The molecule has 2 aromatic heterocycles. The number of hydrogen-bond donors (Lipinski definition) is 1. The predicted octanol–water partition coefficient (Wildman–Crippen LogP) is 3.41. The fourth-order valence-corrected chi connectivity index (χ4v) is 4.45. The predicted molar refractivity (Wildman–Crippen MR) is 143 cm³/mol. The van der Waals surface area contributed by atoms with Gasteiger partial charge in [-0.2, -0.15) is 5.26 Å². The number of pyridine rings is 1. The lowest BCUT2D eigenvalue weighted by Gasteiger charge is -2.29. The summed E-state index contributed by atoms with van der Waals surface area (Å²) in [7, 11) is 1.75. The van der Waals surface area contributed by atoms with E-state index in [0.29, 0.717) is 49.1 Å². The smallest absolute Gasteiger partial charge is 0.295 e. The number of carbonyl (C=O) groups is 1. The molecule has 0 spiro atoms. The maximum Gasteiger partial charge on any atom is 0.295 e. The molecule has 0 unspecified atom stereocenters. The molecule has 0 bridgehead atoms. The number of ether oxygens (including phenoxy) is 1. The Labute approximate surface area is 213 Å². The van der Waals surface area contributed by atoms with E-state index in [4.69, 9.17) is 9.72 Å². The lowest BCUT2D eigenvalue weighted by molar-refractivity contribution is -0.112. The minimum absolute atomic E-state index is 0.125. The number of nitrogens with zero attached hydrogens (tertiary/aromatic N) is 5. The highest BCUT2D eigenvalue weighted by Crippen LogP contribution is 2.27. The fraction of sp³-hybridized carbons (Fsp3) is 0.214. The summed E-state index contributed by atoms with van der Waals surface area (Å²) in [6.07, 6.45) is 1.54. The van der Waals surface area contributed by atoms with Crippen LogP contribution in [0.4, 0.5) is 11.5 Å². The number of carbonyl (C=O) groups excluding carboxylic acids is 1. The number of rotatable bonds is 5. The first-order valence-electron chi connectivity index (χ1n) is 12.0. The van der Waals surface area contributed by atoms with Crippen molar-refractivity contribution in [3.05, 3.63) is 87.8 Å². The summed E-state index contributed by atoms with van der Waals surface area (Å²) in [5, 5.41) is 13.5. The Morgan fingerprint density at radius 3 is 2.54 bits per heavy atom. The van der Waals surface area contributed by atoms with Gasteiger partial charge in [-0.05, 0) is 37.3 Å². The third kappa shape index (κ3) is 4.62. The summed E-state index contributed by atoms with van der Waals surface area (Å²) < 4.78 is 8.64. The molecule has 1 aliphatic rings. The van der Waals surface area contributed by atoms with Crippen molar-refractivity contribution in [2.75, 3.05) is 36.5 Å². The lowest BCUT2D eigenvalue weighted by atomic mass is 10.1. The number of fused-ring (bicyclic) bond motifs is 1. The summed E-state index contributed by atoms with van der Waals surface area (Å²) in [4.78, 5) is 33.4. The third-order valence-corrected chi connectivity index (χ3v) is 6.50. The van der Waals surface area contributed by atoms with Crippen LogP contribution in [0.2, 0.25) is 0 Å². The molecule has 9 heteroatoms. The van der Waals surface area contributed by atoms with Gasteiger partial charge in [0.2, 0.25) is 0 Å². The van der Waals surface area contributed by atoms with Crippen LogP contribution in [-0.4, -0.2) is 46.6 Å². The van der Waals surface area contributed by atoms with E-state index in [2.05, 4.69) is 10.2 Å². The van der Waals surface area contributed by atoms with Crippen molar-refractivity contribution in [2.24, 2.45) is 7.05 Å². The van der Waals surface area contributed by atoms with E-state index in [1.807, 2.05) is 66.7 Å². The summed E-state index contributed by atoms with van der Waals surface area (Å²) >= 11 is 0. The van der Waals surface area contributed by atoms with Crippen molar-refractivity contribution in [3.63, 3.8) is 0 Å². The van der Waals surface area contributed by atoms with Gasteiger partial charge >= 0.3 is 0 Å². The molecule has 9 nitrogen and oxygen atoms in total. The SMILES string of the molecule is Cc1c(NC(=O)C(C#N)=Cc2cc3ccccc3nc2N2CCOCC2)c(=O)n(-c2ccccc2)n1C. The molecule has 3 heterocycles. The lowest BCUT2D eigenvalue weighted by Crippen LogP contribution is -2.37. The zero-order valence-electron chi connectivity index (χ0n) is 20.6. The van der Waals surface area contributed by atoms with Gasteiger partial charge in [0.1, 0.15) is 23.1 Å². The van der Waals surface area contributed by atoms with Crippen LogP contribution in [-0.2, 0) is 16.6 Å². The number of nitriles is 1. The van der Waals surface area contributed by atoms with Crippen molar-refractivity contribution >= 4 is 34.4 Å². The Bertz CT molecular complexity index is 1600. The quantitative estimate of drug-likeness (QED) is 0.337. The normalized spacial score (nSPS) is 14.0. The van der Waals surface area contributed by atoms with E-state index in [1.165, 1.54) is 10.8 Å². The molecule has 37 heavy (non-hydrogen) atoms. The van der Waals surface area contributed by atoms with Gasteiger partial charge in [0, 0.05) is 31.1 Å². The summed E-state index contributed by atoms with van der Waals surface area (Å²) in [5.74, 6) is 0.0273. The first-order valence-corrected chi connectivity index (χ1v) is 12.0. The first-order chi connectivity index (χ1) is 18.0. The topological polar surface area (TPSA) is 105 Å². The van der Waals surface area contributed by atoms with Gasteiger partial charge in [-0.1, -0.05) is 36.4 Å². The molecular weight excluding hydrogens is 468 g/mol. The molecule has 186 valence electrons. The number of para-hydroxylation sites is 2. The van der Waals surface area contributed by atoms with Crippen molar-refractivity contribution in [2.45, 2.75) is 6.92 Å². The monoisotopic (exact) mass is 494 g/mol. The summed E-state index contributed by atoms with van der Waals surface area (Å²) in [6, 6.07) is 20.8. The summed E-state index contributed by atoms with van der Waals surface area (Å²) in [5.41, 5.74) is 2.35. The second-order valence-corrected chi connectivity index (χ2v) is 8.75. The number of benzene rings is 2. The van der Waals surface area contributed by atoms with E-state index in [-0.39, 0.29) is 16.8 Å². The average Bonchev–Trinajstić information content (AvgIpc) is 3.14. The van der Waals surface area contributed by atoms with Crippen LogP contribution < -0.4 is 15.8 Å². The highest BCUT2D eigenvalue weighted by Gasteiger charge is 2.22. The summed E-state index contributed by atoms with van der Waals surface area (Å²) in [6.45, 7) is 4.20. The van der Waals surface area contributed by atoms with Crippen LogP contribution in [0.5, 0.6) is 0 Å². The van der Waals surface area contributed by atoms with Crippen LogP contribution in [0.3, 0.4) is 0 Å². The molecule has 2 aromatic carbocycles. The minimum Gasteiger partial charge on any atom is -0.378 e. The van der Waals surface area contributed by atoms with E-state index in [0.717, 1.165) is 10.9 Å². The second-order valence-electron chi connectivity index (χ2n) is 8.75. The number of hydrogen-bond acceptors (Lipinski definition) is 6. The number of amides is 1. The van der Waals surface area contributed by atoms with E-state index in [9.17, 15) is 14.9 Å². The van der Waals surface area contributed by atoms with Crippen LogP contribution in [0.25, 0.3) is 22.7 Å². The molecule has 1 fully saturated rings. The van der Waals surface area contributed by atoms with Gasteiger partial charge in [0.15, 0.2) is 0 Å². The van der Waals surface area contributed by atoms with Crippen molar-refractivity contribution in [3.8, 4) is 11.8 Å². The van der Waals surface area contributed by atoms with Crippen molar-refractivity contribution < 1.29 is 9.53 Å². The second kappa shape index (κ2) is 10.1. The molecule has 1 aliphatic heterocycles. The molecule has 4 aromatic rings. The molecule has 0 aliphatic carbocycles. The van der Waals surface area contributed by atoms with Gasteiger partial charge in [-0.3, -0.25) is 14.3 Å². The van der Waals surface area contributed by atoms with Crippen LogP contribution in [0.1, 0.15) is 11.3 Å². The standard InChI is InChI=1S/C28H26N6O3/c1-19-25(28(36)34(32(19)2)23-9-4-3-5-10-23)31-27(35)22(18-29)17-21-16-20-8-6-7-11-24(20)30-26(21)33-12-14-37-15-13-33/h3-11,16-17H,12-15H2,1-2H3,(H,31,35). The molecule has 0 saturated carbocycles. The van der Waals surface area contributed by atoms with Crippen LogP contribution in [0.15, 0.2) is 71.0 Å². The number of morpholine rings is 1. The molecule has 1 amide bonds. The van der Waals surface area contributed by atoms with Gasteiger partial charge in [-0.25, -0.2) is 9.67 Å². The van der Waals surface area contributed by atoms with Gasteiger partial charge in [0.05, 0.1) is 30.1 Å². The van der Waals surface area contributed by atoms with Crippen molar-refractivity contribution in [1.82, 2.24) is 14.3 Å². The van der Waals surface area contributed by atoms with Crippen molar-refractivity contribution in [1.29, 1.82) is 5.26 Å². The Balaban J connectivity index is 1.53. The maximum absolute atomic E-state index is 13.2. The molecule has 0 atom stereocenters. The number of nitrogens with one attached hydrogen (secondary N) is 1. The number of aromatic nitrogens is 3. The molecule has 5 rings (SSSR count). The minimum atomic E-state index is -0.658. The highest BCUT2D eigenvalue weighted by molar-refractivity contribution is 6.10. The largest absolute Gasteiger partial charge is 0.378 e. The zero-order valence-corrected chi connectivity index (χ0v) is 20.6. The zero-order chi connectivity index (χ0) is 25.9. The van der Waals surface area contributed by atoms with Gasteiger partial charge in [-0.15, -0.1) is 0 Å². The van der Waals surface area contributed by atoms with E-state index in [1.54, 1.807) is 18.7 Å². The molecule has 1 N–H and O–H groups in total. The van der Waals surface area contributed by atoms with Gasteiger partial charge < -0.3 is 15.0 Å². The van der Waals surface area contributed by atoms with E-state index < -0.39 is 5.91 Å². The maximum atomic E-state index is 13.2. The first kappa shape index (κ1) is 24.0. The molecule has 1 saturated heterocycles. The third-order valence-electron chi connectivity index (χ3n) is 6.50. The Hall–Kier alpha value is -4.68. The molecular formula is C28H26N6O3. The van der Waals surface area contributed by atoms with Crippen LogP contribution in [0, 0.1) is 18.3 Å². The van der Waals surface area contributed by atoms with Crippen LogP contribution >= 0.6 is 0 Å². The van der Waals surface area contributed by atoms with E-state index >= 15 is 0 Å². The van der Waals surface area contributed by atoms with Gasteiger partial charge in [0.25, 0.3) is 11.5 Å². The fourth-order valence-electron chi connectivity index (χ4n) is 4.45.